The number of rotatable bonds is 3. The molecule has 0 radical (unpaired) electrons. The molecule has 2 N–H and O–H groups in total. The first-order chi connectivity index (χ1) is 8.16. The van der Waals surface area contributed by atoms with Crippen molar-refractivity contribution in [1.82, 2.24) is 4.90 Å². The van der Waals surface area contributed by atoms with E-state index in [4.69, 9.17) is 22.1 Å². The highest BCUT2D eigenvalue weighted by Crippen LogP contribution is 2.20. The molecule has 0 atom stereocenters. The number of primary amides is 1. The van der Waals surface area contributed by atoms with E-state index in [1.54, 1.807) is 12.1 Å². The molecule has 17 heavy (non-hydrogen) atoms. The molecule has 0 aromatic heterocycles. The Balaban J connectivity index is 2.08. The summed E-state index contributed by atoms with van der Waals surface area (Å²) >= 11 is 6.13. The van der Waals surface area contributed by atoms with Crippen molar-refractivity contribution in [2.24, 2.45) is 5.73 Å². The molecular formula is C12H15ClN2O2. The molecule has 5 heteroatoms. The Labute approximate surface area is 105 Å². The Kier molecular flexibility index (Phi) is 3.99. The summed E-state index contributed by atoms with van der Waals surface area (Å²) in [4.78, 5) is 13.3. The van der Waals surface area contributed by atoms with Crippen LogP contribution in [0.25, 0.3) is 0 Å². The fourth-order valence-electron chi connectivity index (χ4n) is 1.83. The van der Waals surface area contributed by atoms with Crippen molar-refractivity contribution in [3.8, 4) is 0 Å². The van der Waals surface area contributed by atoms with Crippen molar-refractivity contribution in [2.75, 3.05) is 26.3 Å². The second-order valence-electron chi connectivity index (χ2n) is 4.06. The fraction of sp³-hybridized carbons (Fsp3) is 0.417. The van der Waals surface area contributed by atoms with E-state index < -0.39 is 5.91 Å². The molecule has 1 fully saturated rings. The lowest BCUT2D eigenvalue weighted by molar-refractivity contribution is 0.0342. The summed E-state index contributed by atoms with van der Waals surface area (Å²) in [6, 6.07) is 5.20. The van der Waals surface area contributed by atoms with Gasteiger partial charge in [0.1, 0.15) is 0 Å². The first-order valence-corrected chi connectivity index (χ1v) is 5.93. The monoisotopic (exact) mass is 254 g/mol. The third-order valence-electron chi connectivity index (χ3n) is 2.84. The zero-order valence-corrected chi connectivity index (χ0v) is 10.2. The van der Waals surface area contributed by atoms with Crippen molar-refractivity contribution < 1.29 is 9.53 Å². The van der Waals surface area contributed by atoms with Crippen molar-refractivity contribution in [1.29, 1.82) is 0 Å². The first kappa shape index (κ1) is 12.4. The molecule has 1 aliphatic rings. The van der Waals surface area contributed by atoms with Gasteiger partial charge in [0.15, 0.2) is 0 Å². The Hall–Kier alpha value is -1.10. The van der Waals surface area contributed by atoms with E-state index >= 15 is 0 Å². The molecule has 1 aromatic rings. The number of hydrogen-bond acceptors (Lipinski definition) is 3. The molecular weight excluding hydrogens is 240 g/mol. The zero-order chi connectivity index (χ0) is 12.3. The van der Waals surface area contributed by atoms with Crippen LogP contribution in [0.15, 0.2) is 18.2 Å². The molecule has 1 amide bonds. The molecule has 2 rings (SSSR count). The van der Waals surface area contributed by atoms with Gasteiger partial charge in [-0.3, -0.25) is 9.69 Å². The maximum atomic E-state index is 11.0. The second kappa shape index (κ2) is 5.49. The lowest BCUT2D eigenvalue weighted by Crippen LogP contribution is -2.35. The quantitative estimate of drug-likeness (QED) is 0.884. The molecule has 0 bridgehead atoms. The van der Waals surface area contributed by atoms with Crippen LogP contribution in [0, 0.1) is 0 Å². The van der Waals surface area contributed by atoms with Gasteiger partial charge in [-0.1, -0.05) is 17.7 Å². The average molecular weight is 255 g/mol. The van der Waals surface area contributed by atoms with Crippen LogP contribution in [0.3, 0.4) is 0 Å². The van der Waals surface area contributed by atoms with E-state index in [-0.39, 0.29) is 0 Å². The van der Waals surface area contributed by atoms with Crippen LogP contribution < -0.4 is 5.73 Å². The third-order valence-corrected chi connectivity index (χ3v) is 3.19. The number of halogens is 1. The molecule has 92 valence electrons. The van der Waals surface area contributed by atoms with Crippen molar-refractivity contribution in [3.63, 3.8) is 0 Å². The Morgan fingerprint density at radius 3 is 2.71 bits per heavy atom. The minimum atomic E-state index is -0.454. The highest BCUT2D eigenvalue weighted by Gasteiger charge is 2.13. The topological polar surface area (TPSA) is 55.6 Å². The number of carbonyl (C=O) groups is 1. The van der Waals surface area contributed by atoms with Crippen LogP contribution in [0.2, 0.25) is 5.02 Å². The van der Waals surface area contributed by atoms with Gasteiger partial charge in [0.25, 0.3) is 0 Å². The van der Waals surface area contributed by atoms with Crippen molar-refractivity contribution in [3.05, 3.63) is 34.3 Å². The lowest BCUT2D eigenvalue weighted by Gasteiger charge is -2.26. The Bertz CT molecular complexity index is 417. The number of nitrogens with two attached hydrogens (primary N) is 1. The van der Waals surface area contributed by atoms with E-state index in [0.717, 1.165) is 38.4 Å². The maximum Gasteiger partial charge on any atom is 0.248 e. The number of amides is 1. The predicted molar refractivity (Wildman–Crippen MR) is 66.1 cm³/mol. The van der Waals surface area contributed by atoms with Gasteiger partial charge in [-0.05, 0) is 17.7 Å². The van der Waals surface area contributed by atoms with Gasteiger partial charge in [-0.25, -0.2) is 0 Å². The van der Waals surface area contributed by atoms with Crippen molar-refractivity contribution >= 4 is 17.5 Å². The van der Waals surface area contributed by atoms with Crippen molar-refractivity contribution in [2.45, 2.75) is 6.54 Å². The Morgan fingerprint density at radius 2 is 2.12 bits per heavy atom. The van der Waals surface area contributed by atoms with Gasteiger partial charge in [0.2, 0.25) is 5.91 Å². The SMILES string of the molecule is NC(=O)c1ccc(CN2CCOCC2)c(Cl)c1. The molecule has 4 nitrogen and oxygen atoms in total. The highest BCUT2D eigenvalue weighted by molar-refractivity contribution is 6.31. The molecule has 0 aliphatic carbocycles. The summed E-state index contributed by atoms with van der Waals surface area (Å²) in [5, 5.41) is 0.591. The fourth-order valence-corrected chi connectivity index (χ4v) is 2.07. The van der Waals surface area contributed by atoms with Crippen LogP contribution in [0.4, 0.5) is 0 Å². The van der Waals surface area contributed by atoms with Crippen LogP contribution >= 0.6 is 11.6 Å². The summed E-state index contributed by atoms with van der Waals surface area (Å²) in [6.45, 7) is 4.12. The maximum absolute atomic E-state index is 11.0. The summed E-state index contributed by atoms with van der Waals surface area (Å²) in [6.07, 6.45) is 0. The van der Waals surface area contributed by atoms with E-state index in [9.17, 15) is 4.79 Å². The summed E-state index contributed by atoms with van der Waals surface area (Å²) in [5.74, 6) is -0.454. The molecule has 1 saturated heterocycles. The highest BCUT2D eigenvalue weighted by atomic mass is 35.5. The average Bonchev–Trinajstić information content (AvgIpc) is 2.33. The number of carbonyl (C=O) groups excluding carboxylic acids is 1. The standard InChI is InChI=1S/C12H15ClN2O2/c13-11-7-9(12(14)16)1-2-10(11)8-15-3-5-17-6-4-15/h1-2,7H,3-6,8H2,(H2,14,16). The van der Waals surface area contributed by atoms with Gasteiger partial charge in [0, 0.05) is 30.2 Å². The van der Waals surface area contributed by atoms with E-state index in [1.807, 2.05) is 6.07 Å². The van der Waals surface area contributed by atoms with E-state index in [0.29, 0.717) is 10.6 Å². The summed E-state index contributed by atoms with van der Waals surface area (Å²) < 4.78 is 5.28. The van der Waals surface area contributed by atoms with Gasteiger partial charge in [-0.15, -0.1) is 0 Å². The number of hydrogen-bond donors (Lipinski definition) is 1. The molecule has 0 saturated carbocycles. The lowest BCUT2D eigenvalue weighted by atomic mass is 10.1. The number of nitrogens with zero attached hydrogens (tertiary/aromatic N) is 1. The molecule has 0 unspecified atom stereocenters. The van der Waals surface area contributed by atoms with Gasteiger partial charge >= 0.3 is 0 Å². The van der Waals surface area contributed by atoms with E-state index in [1.165, 1.54) is 0 Å². The smallest absolute Gasteiger partial charge is 0.248 e. The number of ether oxygens (including phenoxy) is 1. The van der Waals surface area contributed by atoms with E-state index in [2.05, 4.69) is 4.90 Å². The van der Waals surface area contributed by atoms with Crippen LogP contribution in [-0.4, -0.2) is 37.1 Å². The van der Waals surface area contributed by atoms with Gasteiger partial charge in [0.05, 0.1) is 13.2 Å². The molecule has 1 aliphatic heterocycles. The molecule has 1 aromatic carbocycles. The van der Waals surface area contributed by atoms with Gasteiger partial charge in [-0.2, -0.15) is 0 Å². The normalized spacial score (nSPS) is 17.0. The largest absolute Gasteiger partial charge is 0.379 e. The minimum Gasteiger partial charge on any atom is -0.379 e. The Morgan fingerprint density at radius 1 is 1.41 bits per heavy atom. The third kappa shape index (κ3) is 3.19. The second-order valence-corrected chi connectivity index (χ2v) is 4.47. The first-order valence-electron chi connectivity index (χ1n) is 5.55. The molecule has 0 spiro atoms. The van der Waals surface area contributed by atoms with Crippen LogP contribution in [-0.2, 0) is 11.3 Å². The predicted octanol–water partition coefficient (Wildman–Crippen LogP) is 1.27. The van der Waals surface area contributed by atoms with Crippen LogP contribution in [0.1, 0.15) is 15.9 Å². The number of morpholine rings is 1. The zero-order valence-electron chi connectivity index (χ0n) is 9.49. The van der Waals surface area contributed by atoms with Gasteiger partial charge < -0.3 is 10.5 Å². The minimum absolute atomic E-state index is 0.445. The summed E-state index contributed by atoms with van der Waals surface area (Å²) in [5.41, 5.74) is 6.65. The van der Waals surface area contributed by atoms with Crippen LogP contribution in [0.5, 0.6) is 0 Å². The number of benzene rings is 1. The molecule has 1 heterocycles. The summed E-state index contributed by atoms with van der Waals surface area (Å²) in [7, 11) is 0.